The molecule has 9 heteroatoms. The van der Waals surface area contributed by atoms with Crippen molar-refractivity contribution in [3.05, 3.63) is 5.82 Å². The van der Waals surface area contributed by atoms with Gasteiger partial charge in [-0.25, -0.2) is 0 Å². The normalized spacial score (nSPS) is 25.5. The number of aromatic amines is 1. The van der Waals surface area contributed by atoms with Gasteiger partial charge in [-0.2, -0.15) is 4.98 Å². The van der Waals surface area contributed by atoms with E-state index in [1.54, 1.807) is 0 Å². The standard InChI is InChI=1S/C14H21N5O3.ClH/c1-22-13(21)7-11-16-14(19-18-11)17-12(20)6-8-4-9-2-3-10(5-8)15-9;/h8-10,15H,2-7H2,1H3,(H2,16,17,18,19,20);1H. The van der Waals surface area contributed by atoms with Crippen LogP contribution >= 0.6 is 12.4 Å². The Hall–Kier alpha value is -1.67. The first-order valence-corrected chi connectivity index (χ1v) is 7.66. The van der Waals surface area contributed by atoms with Crippen LogP contribution in [-0.2, 0) is 20.7 Å². The highest BCUT2D eigenvalue weighted by Gasteiger charge is 2.34. The number of carbonyl (C=O) groups excluding carboxylic acids is 2. The van der Waals surface area contributed by atoms with E-state index in [1.165, 1.54) is 20.0 Å². The maximum absolute atomic E-state index is 12.1. The molecule has 2 saturated heterocycles. The summed E-state index contributed by atoms with van der Waals surface area (Å²) in [6.07, 6.45) is 5.07. The van der Waals surface area contributed by atoms with Crippen molar-refractivity contribution in [2.45, 2.75) is 50.6 Å². The third kappa shape index (κ3) is 4.65. The van der Waals surface area contributed by atoms with Crippen molar-refractivity contribution in [1.82, 2.24) is 20.5 Å². The highest BCUT2D eigenvalue weighted by atomic mass is 35.5. The molecule has 0 spiro atoms. The molecule has 0 aliphatic carbocycles. The first-order chi connectivity index (χ1) is 10.6. The molecule has 2 aliphatic heterocycles. The Labute approximate surface area is 140 Å². The van der Waals surface area contributed by atoms with Gasteiger partial charge in [0.05, 0.1) is 7.11 Å². The van der Waals surface area contributed by atoms with Crippen LogP contribution in [0.3, 0.4) is 0 Å². The van der Waals surface area contributed by atoms with Gasteiger partial charge in [0.1, 0.15) is 12.2 Å². The van der Waals surface area contributed by atoms with Crippen LogP contribution < -0.4 is 10.6 Å². The molecule has 3 rings (SSSR count). The molecule has 0 aromatic carbocycles. The molecule has 3 heterocycles. The van der Waals surface area contributed by atoms with Crippen molar-refractivity contribution >= 4 is 30.2 Å². The minimum atomic E-state index is -0.404. The van der Waals surface area contributed by atoms with E-state index >= 15 is 0 Å². The van der Waals surface area contributed by atoms with Crippen LogP contribution in [0.5, 0.6) is 0 Å². The Morgan fingerprint density at radius 2 is 2.00 bits per heavy atom. The second-order valence-electron chi connectivity index (χ2n) is 6.09. The van der Waals surface area contributed by atoms with Crippen LogP contribution in [0.25, 0.3) is 0 Å². The Kier molecular flexibility index (Phi) is 5.95. The summed E-state index contributed by atoms with van der Waals surface area (Å²) >= 11 is 0. The van der Waals surface area contributed by atoms with Gasteiger partial charge in [-0.15, -0.1) is 17.5 Å². The zero-order chi connectivity index (χ0) is 15.5. The van der Waals surface area contributed by atoms with Gasteiger partial charge < -0.3 is 10.1 Å². The van der Waals surface area contributed by atoms with Crippen molar-refractivity contribution in [3.63, 3.8) is 0 Å². The Morgan fingerprint density at radius 3 is 2.65 bits per heavy atom. The van der Waals surface area contributed by atoms with Crippen LogP contribution in [0.2, 0.25) is 0 Å². The third-order valence-corrected chi connectivity index (χ3v) is 4.37. The van der Waals surface area contributed by atoms with E-state index in [0.29, 0.717) is 30.2 Å². The summed E-state index contributed by atoms with van der Waals surface area (Å²) in [5.74, 6) is 0.532. The van der Waals surface area contributed by atoms with Gasteiger partial charge in [-0.05, 0) is 31.6 Å². The molecule has 2 unspecified atom stereocenters. The first-order valence-electron chi connectivity index (χ1n) is 7.66. The number of nitrogens with zero attached hydrogens (tertiary/aromatic N) is 2. The van der Waals surface area contributed by atoms with Gasteiger partial charge in [-0.3, -0.25) is 20.0 Å². The number of H-pyrrole nitrogens is 1. The first kappa shape index (κ1) is 17.7. The average Bonchev–Trinajstić information content (AvgIpc) is 3.05. The van der Waals surface area contributed by atoms with Crippen LogP contribution in [0.15, 0.2) is 0 Å². The molecule has 8 nitrogen and oxygen atoms in total. The van der Waals surface area contributed by atoms with Crippen molar-refractivity contribution in [3.8, 4) is 0 Å². The summed E-state index contributed by atoms with van der Waals surface area (Å²) in [5.41, 5.74) is 0. The van der Waals surface area contributed by atoms with Crippen molar-refractivity contribution < 1.29 is 14.3 Å². The molecule has 1 aromatic rings. The molecule has 1 amide bonds. The molecule has 23 heavy (non-hydrogen) atoms. The zero-order valence-corrected chi connectivity index (χ0v) is 13.8. The predicted octanol–water partition coefficient (Wildman–Crippen LogP) is 0.801. The number of ether oxygens (including phenoxy) is 1. The van der Waals surface area contributed by atoms with E-state index in [-0.39, 0.29) is 30.7 Å². The lowest BCUT2D eigenvalue weighted by Crippen LogP contribution is -2.39. The quantitative estimate of drug-likeness (QED) is 0.682. The lowest BCUT2D eigenvalue weighted by atomic mass is 9.89. The summed E-state index contributed by atoms with van der Waals surface area (Å²) in [4.78, 5) is 27.3. The Balaban J connectivity index is 0.00000192. The highest BCUT2D eigenvalue weighted by Crippen LogP contribution is 2.32. The SMILES string of the molecule is COC(=O)Cc1nc(NC(=O)CC2CC3CCC(C2)N3)n[nH]1.Cl. The number of nitrogens with one attached hydrogen (secondary N) is 3. The molecule has 2 bridgehead atoms. The number of hydrogen-bond acceptors (Lipinski definition) is 6. The largest absolute Gasteiger partial charge is 0.469 e. The maximum Gasteiger partial charge on any atom is 0.313 e. The topological polar surface area (TPSA) is 109 Å². The summed E-state index contributed by atoms with van der Waals surface area (Å²) < 4.78 is 4.55. The molecule has 128 valence electrons. The molecule has 0 radical (unpaired) electrons. The molecule has 2 aliphatic rings. The number of methoxy groups -OCH3 is 1. The van der Waals surface area contributed by atoms with Crippen LogP contribution in [-0.4, -0.2) is 46.3 Å². The lowest BCUT2D eigenvalue weighted by molar-refractivity contribution is -0.139. The summed E-state index contributed by atoms with van der Waals surface area (Å²) in [7, 11) is 1.31. The molecule has 1 aromatic heterocycles. The number of anilines is 1. The Bertz CT molecular complexity index is 552. The van der Waals surface area contributed by atoms with Crippen molar-refractivity contribution in [1.29, 1.82) is 0 Å². The number of aromatic nitrogens is 3. The van der Waals surface area contributed by atoms with Crippen LogP contribution in [0.1, 0.15) is 37.9 Å². The van der Waals surface area contributed by atoms with Gasteiger partial charge in [0.2, 0.25) is 11.9 Å². The number of hydrogen-bond donors (Lipinski definition) is 3. The van der Waals surface area contributed by atoms with Gasteiger partial charge in [-0.1, -0.05) is 0 Å². The molecule has 2 fully saturated rings. The summed E-state index contributed by atoms with van der Waals surface area (Å²) in [5, 5.41) is 12.8. The summed E-state index contributed by atoms with van der Waals surface area (Å²) in [6.45, 7) is 0. The number of rotatable bonds is 5. The van der Waals surface area contributed by atoms with Crippen molar-refractivity contribution in [2.75, 3.05) is 12.4 Å². The fraction of sp³-hybridized carbons (Fsp3) is 0.714. The number of amides is 1. The van der Waals surface area contributed by atoms with E-state index in [4.69, 9.17) is 0 Å². The molecule has 3 N–H and O–H groups in total. The lowest BCUT2D eigenvalue weighted by Gasteiger charge is -2.28. The third-order valence-electron chi connectivity index (χ3n) is 4.37. The number of fused-ring (bicyclic) bond motifs is 2. The Morgan fingerprint density at radius 1 is 1.30 bits per heavy atom. The van der Waals surface area contributed by atoms with Crippen LogP contribution in [0, 0.1) is 5.92 Å². The number of esters is 1. The fourth-order valence-corrected chi connectivity index (χ4v) is 3.42. The average molecular weight is 344 g/mol. The zero-order valence-electron chi connectivity index (χ0n) is 13.0. The van der Waals surface area contributed by atoms with Crippen molar-refractivity contribution in [2.24, 2.45) is 5.92 Å². The molecule has 0 saturated carbocycles. The van der Waals surface area contributed by atoms with Gasteiger partial charge in [0.25, 0.3) is 0 Å². The predicted molar refractivity (Wildman–Crippen MR) is 85.3 cm³/mol. The van der Waals surface area contributed by atoms with E-state index < -0.39 is 5.97 Å². The van der Waals surface area contributed by atoms with Gasteiger partial charge >= 0.3 is 5.97 Å². The monoisotopic (exact) mass is 343 g/mol. The van der Waals surface area contributed by atoms with E-state index in [9.17, 15) is 9.59 Å². The minimum absolute atomic E-state index is 0. The van der Waals surface area contributed by atoms with Crippen LogP contribution in [0.4, 0.5) is 5.95 Å². The highest BCUT2D eigenvalue weighted by molar-refractivity contribution is 5.89. The van der Waals surface area contributed by atoms with E-state index in [2.05, 4.69) is 30.6 Å². The fourth-order valence-electron chi connectivity index (χ4n) is 3.42. The smallest absolute Gasteiger partial charge is 0.313 e. The number of carbonyl (C=O) groups is 2. The maximum atomic E-state index is 12.1. The molecular formula is C14H22ClN5O3. The summed E-state index contributed by atoms with van der Waals surface area (Å²) in [6, 6.07) is 1.15. The minimum Gasteiger partial charge on any atom is -0.469 e. The van der Waals surface area contributed by atoms with Gasteiger partial charge in [0.15, 0.2) is 0 Å². The second kappa shape index (κ2) is 7.74. The molecular weight excluding hydrogens is 322 g/mol. The van der Waals surface area contributed by atoms with Gasteiger partial charge in [0, 0.05) is 18.5 Å². The number of halogens is 1. The van der Waals surface area contributed by atoms with E-state index in [0.717, 1.165) is 12.8 Å². The van der Waals surface area contributed by atoms with E-state index in [1.807, 2.05) is 0 Å². The molecule has 2 atom stereocenters. The number of piperidine rings is 1. The second-order valence-corrected chi connectivity index (χ2v) is 6.09.